The Bertz CT molecular complexity index is 499. The monoisotopic (exact) mass is 290 g/mol. The summed E-state index contributed by atoms with van der Waals surface area (Å²) in [5, 5.41) is 5.60. The minimum atomic E-state index is 0.559. The molecule has 0 aliphatic carbocycles. The summed E-state index contributed by atoms with van der Waals surface area (Å²) in [5.74, 6) is 1.49. The van der Waals surface area contributed by atoms with Crippen molar-refractivity contribution in [1.29, 1.82) is 0 Å². The fraction of sp³-hybridized carbons (Fsp3) is 0.438. The molecular formula is C16H22N2OS. The molecule has 0 saturated carbocycles. The summed E-state index contributed by atoms with van der Waals surface area (Å²) in [6.07, 6.45) is 2.06. The molecule has 1 unspecified atom stereocenters. The first kappa shape index (κ1) is 15.0. The summed E-state index contributed by atoms with van der Waals surface area (Å²) < 4.78 is 5.30. The van der Waals surface area contributed by atoms with Crippen LogP contribution in [0, 0.1) is 5.92 Å². The third-order valence-corrected chi connectivity index (χ3v) is 3.96. The highest BCUT2D eigenvalue weighted by Crippen LogP contribution is 2.18. The number of nitrogens with zero attached hydrogens (tertiary/aromatic N) is 1. The number of hydrogen-bond donors (Lipinski definition) is 1. The van der Waals surface area contributed by atoms with Gasteiger partial charge in [-0.1, -0.05) is 19.1 Å². The van der Waals surface area contributed by atoms with E-state index in [1.165, 1.54) is 11.3 Å². The molecule has 0 spiro atoms. The number of ether oxygens (including phenoxy) is 1. The quantitative estimate of drug-likeness (QED) is 0.811. The van der Waals surface area contributed by atoms with Gasteiger partial charge in [-0.15, -0.1) is 11.3 Å². The molecule has 20 heavy (non-hydrogen) atoms. The maximum absolute atomic E-state index is 5.30. The molecule has 2 rings (SSSR count). The summed E-state index contributed by atoms with van der Waals surface area (Å²) in [7, 11) is 1.71. The second kappa shape index (κ2) is 8.02. The SMILES string of the molecule is CCNCC(Cc1cccc(OC)c1)Cc1cscn1. The average Bonchev–Trinajstić information content (AvgIpc) is 2.98. The highest BCUT2D eigenvalue weighted by molar-refractivity contribution is 7.07. The van der Waals surface area contributed by atoms with E-state index < -0.39 is 0 Å². The molecule has 0 saturated heterocycles. The van der Waals surface area contributed by atoms with E-state index in [-0.39, 0.29) is 0 Å². The van der Waals surface area contributed by atoms with Gasteiger partial charge in [0, 0.05) is 5.38 Å². The van der Waals surface area contributed by atoms with Gasteiger partial charge in [-0.25, -0.2) is 4.98 Å². The lowest BCUT2D eigenvalue weighted by Crippen LogP contribution is -2.25. The standard InChI is InChI=1S/C16H22N2OS/c1-3-17-10-14(8-15-11-20-12-18-15)7-13-5-4-6-16(9-13)19-2/h4-6,9,11-12,14,17H,3,7-8,10H2,1-2H3. The van der Waals surface area contributed by atoms with Crippen LogP contribution in [0.5, 0.6) is 5.75 Å². The number of thiazole rings is 1. The van der Waals surface area contributed by atoms with Crippen molar-refractivity contribution in [1.82, 2.24) is 10.3 Å². The van der Waals surface area contributed by atoms with Crippen LogP contribution < -0.4 is 10.1 Å². The van der Waals surface area contributed by atoms with E-state index in [1.807, 2.05) is 11.6 Å². The summed E-state index contributed by atoms with van der Waals surface area (Å²) in [4.78, 5) is 4.41. The van der Waals surface area contributed by atoms with Gasteiger partial charge in [-0.2, -0.15) is 0 Å². The van der Waals surface area contributed by atoms with E-state index in [4.69, 9.17) is 4.74 Å². The fourth-order valence-electron chi connectivity index (χ4n) is 2.33. The zero-order valence-electron chi connectivity index (χ0n) is 12.1. The normalized spacial score (nSPS) is 12.3. The predicted octanol–water partition coefficient (Wildman–Crippen LogP) is 3.16. The molecule has 1 aromatic heterocycles. The number of rotatable bonds is 8. The van der Waals surface area contributed by atoms with Gasteiger partial charge in [0.05, 0.1) is 18.3 Å². The number of nitrogens with one attached hydrogen (secondary N) is 1. The van der Waals surface area contributed by atoms with Gasteiger partial charge < -0.3 is 10.1 Å². The van der Waals surface area contributed by atoms with Gasteiger partial charge in [-0.05, 0) is 49.5 Å². The summed E-state index contributed by atoms with van der Waals surface area (Å²) in [6.45, 7) is 4.17. The van der Waals surface area contributed by atoms with Crippen molar-refractivity contribution >= 4 is 11.3 Å². The van der Waals surface area contributed by atoms with Crippen LogP contribution in [-0.4, -0.2) is 25.2 Å². The first-order valence-corrected chi connectivity index (χ1v) is 7.96. The van der Waals surface area contributed by atoms with Crippen LogP contribution in [0.3, 0.4) is 0 Å². The van der Waals surface area contributed by atoms with Crippen molar-refractivity contribution in [3.63, 3.8) is 0 Å². The Morgan fingerprint density at radius 2 is 2.25 bits per heavy atom. The van der Waals surface area contributed by atoms with Crippen molar-refractivity contribution in [2.24, 2.45) is 5.92 Å². The van der Waals surface area contributed by atoms with Crippen LogP contribution in [0.25, 0.3) is 0 Å². The summed E-state index contributed by atoms with van der Waals surface area (Å²) in [6, 6.07) is 8.34. The van der Waals surface area contributed by atoms with Crippen LogP contribution in [0.15, 0.2) is 35.2 Å². The largest absolute Gasteiger partial charge is 0.497 e. The van der Waals surface area contributed by atoms with Gasteiger partial charge in [0.1, 0.15) is 5.75 Å². The van der Waals surface area contributed by atoms with E-state index in [0.29, 0.717) is 5.92 Å². The molecule has 4 heteroatoms. The zero-order valence-corrected chi connectivity index (χ0v) is 13.0. The third-order valence-electron chi connectivity index (χ3n) is 3.32. The molecule has 1 atom stereocenters. The van der Waals surface area contributed by atoms with Gasteiger partial charge in [0.2, 0.25) is 0 Å². The second-order valence-corrected chi connectivity index (χ2v) is 5.63. The Hall–Kier alpha value is -1.39. The summed E-state index contributed by atoms with van der Waals surface area (Å²) in [5.41, 5.74) is 4.42. The number of aromatic nitrogens is 1. The topological polar surface area (TPSA) is 34.1 Å². The third kappa shape index (κ3) is 4.62. The van der Waals surface area contributed by atoms with Crippen LogP contribution >= 0.6 is 11.3 Å². The Kier molecular flexibility index (Phi) is 6.02. The molecule has 1 N–H and O–H groups in total. The first-order valence-electron chi connectivity index (χ1n) is 7.02. The molecular weight excluding hydrogens is 268 g/mol. The highest BCUT2D eigenvalue weighted by Gasteiger charge is 2.12. The van der Waals surface area contributed by atoms with Gasteiger partial charge in [-0.3, -0.25) is 0 Å². The molecule has 3 nitrogen and oxygen atoms in total. The van der Waals surface area contributed by atoms with Gasteiger partial charge in [0.15, 0.2) is 0 Å². The maximum Gasteiger partial charge on any atom is 0.119 e. The van der Waals surface area contributed by atoms with Crippen LogP contribution in [0.4, 0.5) is 0 Å². The van der Waals surface area contributed by atoms with E-state index in [0.717, 1.165) is 31.7 Å². The number of methoxy groups -OCH3 is 1. The minimum absolute atomic E-state index is 0.559. The molecule has 0 amide bonds. The Morgan fingerprint density at radius 1 is 1.35 bits per heavy atom. The fourth-order valence-corrected chi connectivity index (χ4v) is 2.90. The van der Waals surface area contributed by atoms with Crippen LogP contribution in [0.2, 0.25) is 0 Å². The Balaban J connectivity index is 2.02. The minimum Gasteiger partial charge on any atom is -0.497 e. The molecule has 1 heterocycles. The van der Waals surface area contributed by atoms with Gasteiger partial charge >= 0.3 is 0 Å². The molecule has 0 aliphatic rings. The van der Waals surface area contributed by atoms with Crippen molar-refractivity contribution in [2.45, 2.75) is 19.8 Å². The number of benzene rings is 1. The smallest absolute Gasteiger partial charge is 0.119 e. The zero-order chi connectivity index (χ0) is 14.2. The average molecular weight is 290 g/mol. The van der Waals surface area contributed by atoms with Crippen LogP contribution in [0.1, 0.15) is 18.2 Å². The van der Waals surface area contributed by atoms with Crippen molar-refractivity contribution < 1.29 is 4.74 Å². The molecule has 0 fully saturated rings. The van der Waals surface area contributed by atoms with E-state index in [2.05, 4.69) is 40.8 Å². The lowest BCUT2D eigenvalue weighted by molar-refractivity contribution is 0.413. The lowest BCUT2D eigenvalue weighted by Gasteiger charge is -2.17. The Morgan fingerprint density at radius 3 is 2.95 bits per heavy atom. The molecule has 1 aromatic carbocycles. The lowest BCUT2D eigenvalue weighted by atomic mass is 9.95. The predicted molar refractivity (Wildman–Crippen MR) is 84.5 cm³/mol. The molecule has 2 aromatic rings. The molecule has 0 bridgehead atoms. The van der Waals surface area contributed by atoms with Crippen molar-refractivity contribution in [2.75, 3.05) is 20.2 Å². The summed E-state index contributed by atoms with van der Waals surface area (Å²) >= 11 is 1.67. The Labute approximate surface area is 125 Å². The maximum atomic E-state index is 5.30. The van der Waals surface area contributed by atoms with Crippen LogP contribution in [-0.2, 0) is 12.8 Å². The highest BCUT2D eigenvalue weighted by atomic mass is 32.1. The van der Waals surface area contributed by atoms with Crippen molar-refractivity contribution in [3.05, 3.63) is 46.4 Å². The van der Waals surface area contributed by atoms with Crippen molar-refractivity contribution in [3.8, 4) is 5.75 Å². The first-order chi connectivity index (χ1) is 9.81. The van der Waals surface area contributed by atoms with E-state index in [9.17, 15) is 0 Å². The van der Waals surface area contributed by atoms with E-state index >= 15 is 0 Å². The second-order valence-electron chi connectivity index (χ2n) is 4.91. The molecule has 108 valence electrons. The molecule has 0 aliphatic heterocycles. The number of hydrogen-bond acceptors (Lipinski definition) is 4. The van der Waals surface area contributed by atoms with Gasteiger partial charge in [0.25, 0.3) is 0 Å². The van der Waals surface area contributed by atoms with E-state index in [1.54, 1.807) is 18.4 Å². The molecule has 0 radical (unpaired) electrons.